The van der Waals surface area contributed by atoms with E-state index >= 15 is 0 Å². The number of fused-ring (bicyclic) bond motifs is 1. The van der Waals surface area contributed by atoms with Crippen molar-refractivity contribution in [1.82, 2.24) is 24.2 Å². The highest BCUT2D eigenvalue weighted by Gasteiger charge is 2.10. The molecule has 0 spiro atoms. The van der Waals surface area contributed by atoms with E-state index in [-0.39, 0.29) is 0 Å². The third-order valence-electron chi connectivity index (χ3n) is 3.94. The van der Waals surface area contributed by atoms with Crippen LogP contribution in [-0.4, -0.2) is 38.9 Å². The summed E-state index contributed by atoms with van der Waals surface area (Å²) in [5.74, 6) is 0.801. The van der Waals surface area contributed by atoms with Gasteiger partial charge >= 0.3 is 0 Å². The summed E-state index contributed by atoms with van der Waals surface area (Å²) >= 11 is 9.53. The van der Waals surface area contributed by atoms with Gasteiger partial charge in [0, 0.05) is 49.9 Å². The van der Waals surface area contributed by atoms with Crippen LogP contribution in [0.1, 0.15) is 11.4 Å². The van der Waals surface area contributed by atoms with E-state index in [4.69, 9.17) is 11.6 Å². The van der Waals surface area contributed by atoms with Gasteiger partial charge < -0.3 is 19.2 Å². The molecule has 6 nitrogen and oxygen atoms in total. The van der Waals surface area contributed by atoms with Crippen LogP contribution in [0.2, 0.25) is 5.02 Å². The topological polar surface area (TPSA) is 49.9 Å². The molecule has 3 aromatic heterocycles. The lowest BCUT2D eigenvalue weighted by atomic mass is 10.4. The highest BCUT2D eigenvalue weighted by atomic mass is 79.9. The molecule has 0 aliphatic carbocycles. The number of halogens is 2. The summed E-state index contributed by atoms with van der Waals surface area (Å²) in [5.41, 5.74) is 2.99. The van der Waals surface area contributed by atoms with E-state index in [0.29, 0.717) is 13.1 Å². The Morgan fingerprint density at radius 1 is 1.36 bits per heavy atom. The van der Waals surface area contributed by atoms with Crippen molar-refractivity contribution < 1.29 is 0 Å². The molecule has 132 valence electrons. The van der Waals surface area contributed by atoms with Crippen LogP contribution < -0.4 is 5.32 Å². The molecule has 0 fully saturated rings. The molecule has 0 aliphatic rings. The molecule has 0 unspecified atom stereocenters. The number of aliphatic imine (C=N–C) groups is 1. The van der Waals surface area contributed by atoms with Gasteiger partial charge in [-0.05, 0) is 34.1 Å². The number of imidazole rings is 1. The SMILES string of the molecule is CN=C(NCc1cn2cc(Br)ccc2n1)N(C)Cc1cc(Cl)cn1C. The lowest BCUT2D eigenvalue weighted by Gasteiger charge is -2.22. The standard InChI is InChI=1S/C17H20BrClN6/c1-20-17(24(3)11-15-6-13(19)9-23(15)2)21-7-14-10-25-8-12(18)4-5-16(25)22-14/h4-6,8-10H,7,11H2,1-3H3,(H,20,21). The number of pyridine rings is 1. The highest BCUT2D eigenvalue weighted by Crippen LogP contribution is 2.15. The quantitative estimate of drug-likeness (QED) is 0.517. The largest absolute Gasteiger partial charge is 0.351 e. The number of aryl methyl sites for hydroxylation is 1. The maximum atomic E-state index is 6.05. The van der Waals surface area contributed by atoms with Crippen molar-refractivity contribution in [2.75, 3.05) is 14.1 Å². The fraction of sp³-hybridized carbons (Fsp3) is 0.294. The van der Waals surface area contributed by atoms with Crippen molar-refractivity contribution in [2.24, 2.45) is 12.0 Å². The van der Waals surface area contributed by atoms with Gasteiger partial charge in [0.05, 0.1) is 23.8 Å². The van der Waals surface area contributed by atoms with Crippen LogP contribution in [0.5, 0.6) is 0 Å². The number of guanidine groups is 1. The third-order valence-corrected chi connectivity index (χ3v) is 4.62. The molecule has 3 heterocycles. The van der Waals surface area contributed by atoms with Gasteiger partial charge in [-0.3, -0.25) is 4.99 Å². The van der Waals surface area contributed by atoms with Crippen molar-refractivity contribution in [3.8, 4) is 0 Å². The molecule has 0 aliphatic heterocycles. The van der Waals surface area contributed by atoms with Crippen molar-refractivity contribution >= 4 is 39.1 Å². The lowest BCUT2D eigenvalue weighted by molar-refractivity contribution is 0.461. The molecule has 8 heteroatoms. The minimum atomic E-state index is 0.601. The Morgan fingerprint density at radius 2 is 2.16 bits per heavy atom. The van der Waals surface area contributed by atoms with Crippen LogP contribution in [0.15, 0.2) is 46.3 Å². The number of hydrogen-bond donors (Lipinski definition) is 1. The minimum absolute atomic E-state index is 0.601. The second-order valence-corrected chi connectivity index (χ2v) is 7.21. The Balaban J connectivity index is 1.66. The Morgan fingerprint density at radius 3 is 2.84 bits per heavy atom. The zero-order valence-corrected chi connectivity index (χ0v) is 16.7. The van der Waals surface area contributed by atoms with Gasteiger partial charge in [-0.2, -0.15) is 0 Å². The molecule has 0 radical (unpaired) electrons. The summed E-state index contributed by atoms with van der Waals surface area (Å²) in [6.07, 6.45) is 5.90. The predicted octanol–water partition coefficient (Wildman–Crippen LogP) is 3.30. The monoisotopic (exact) mass is 422 g/mol. The molecule has 0 atom stereocenters. The van der Waals surface area contributed by atoms with Gasteiger partial charge in [-0.1, -0.05) is 11.6 Å². The number of nitrogens with zero attached hydrogens (tertiary/aromatic N) is 5. The molecular formula is C17H20BrClN6. The second-order valence-electron chi connectivity index (χ2n) is 5.86. The smallest absolute Gasteiger partial charge is 0.194 e. The molecule has 0 saturated heterocycles. The summed E-state index contributed by atoms with van der Waals surface area (Å²) in [7, 11) is 5.76. The number of rotatable bonds is 4. The summed E-state index contributed by atoms with van der Waals surface area (Å²) < 4.78 is 5.04. The van der Waals surface area contributed by atoms with Gasteiger partial charge in [0.15, 0.2) is 5.96 Å². The minimum Gasteiger partial charge on any atom is -0.351 e. The van der Waals surface area contributed by atoms with Gasteiger partial charge in [-0.25, -0.2) is 4.98 Å². The number of nitrogens with one attached hydrogen (secondary N) is 1. The van der Waals surface area contributed by atoms with E-state index in [1.54, 1.807) is 7.05 Å². The Kier molecular flexibility index (Phi) is 5.34. The van der Waals surface area contributed by atoms with Gasteiger partial charge in [-0.15, -0.1) is 0 Å². The average molecular weight is 424 g/mol. The van der Waals surface area contributed by atoms with Crippen molar-refractivity contribution in [1.29, 1.82) is 0 Å². The van der Waals surface area contributed by atoms with Crippen LogP contribution >= 0.6 is 27.5 Å². The van der Waals surface area contributed by atoms with E-state index in [9.17, 15) is 0 Å². The van der Waals surface area contributed by atoms with Crippen molar-refractivity contribution in [3.05, 3.63) is 57.7 Å². The summed E-state index contributed by atoms with van der Waals surface area (Å²) in [5, 5.41) is 4.09. The molecule has 0 bridgehead atoms. The fourth-order valence-corrected chi connectivity index (χ4v) is 3.32. The first-order chi connectivity index (χ1) is 12.0. The molecule has 3 rings (SSSR count). The van der Waals surface area contributed by atoms with E-state index in [2.05, 4.69) is 36.1 Å². The first kappa shape index (κ1) is 17.8. The van der Waals surface area contributed by atoms with E-state index < -0.39 is 0 Å². The highest BCUT2D eigenvalue weighted by molar-refractivity contribution is 9.10. The van der Waals surface area contributed by atoms with Crippen LogP contribution in [0, 0.1) is 0 Å². The number of aromatic nitrogens is 3. The maximum absolute atomic E-state index is 6.05. The molecule has 0 amide bonds. The zero-order chi connectivity index (χ0) is 18.0. The normalized spacial score (nSPS) is 12.0. The lowest BCUT2D eigenvalue weighted by Crippen LogP contribution is -2.38. The van der Waals surface area contributed by atoms with E-state index in [0.717, 1.165) is 32.5 Å². The Bertz CT molecular complexity index is 913. The summed E-state index contributed by atoms with van der Waals surface area (Å²) in [6, 6.07) is 5.93. The molecule has 25 heavy (non-hydrogen) atoms. The van der Waals surface area contributed by atoms with Crippen molar-refractivity contribution in [2.45, 2.75) is 13.1 Å². The van der Waals surface area contributed by atoms with Crippen LogP contribution in [-0.2, 0) is 20.1 Å². The third kappa shape index (κ3) is 4.16. The van der Waals surface area contributed by atoms with Crippen LogP contribution in [0.3, 0.4) is 0 Å². The maximum Gasteiger partial charge on any atom is 0.194 e. The first-order valence-electron chi connectivity index (χ1n) is 7.82. The second kappa shape index (κ2) is 7.49. The van der Waals surface area contributed by atoms with Crippen molar-refractivity contribution in [3.63, 3.8) is 0 Å². The Labute approximate surface area is 160 Å². The molecule has 0 saturated carbocycles. The van der Waals surface area contributed by atoms with Gasteiger partial charge in [0.2, 0.25) is 0 Å². The fourth-order valence-electron chi connectivity index (χ4n) is 2.70. The predicted molar refractivity (Wildman–Crippen MR) is 105 cm³/mol. The molecule has 3 aromatic rings. The number of hydrogen-bond acceptors (Lipinski definition) is 2. The molecule has 0 aromatic carbocycles. The van der Waals surface area contributed by atoms with E-state index in [1.807, 2.05) is 59.9 Å². The Hall–Kier alpha value is -1.99. The first-order valence-corrected chi connectivity index (χ1v) is 8.99. The van der Waals surface area contributed by atoms with Crippen LogP contribution in [0.4, 0.5) is 0 Å². The average Bonchev–Trinajstić information content (AvgIpc) is 3.10. The van der Waals surface area contributed by atoms with E-state index in [1.165, 1.54) is 0 Å². The van der Waals surface area contributed by atoms with Gasteiger partial charge in [0.25, 0.3) is 0 Å². The zero-order valence-electron chi connectivity index (χ0n) is 14.4. The summed E-state index contributed by atoms with van der Waals surface area (Å²) in [6.45, 7) is 1.31. The molecule has 1 N–H and O–H groups in total. The van der Waals surface area contributed by atoms with Gasteiger partial charge in [0.1, 0.15) is 5.65 Å². The van der Waals surface area contributed by atoms with Crippen LogP contribution in [0.25, 0.3) is 5.65 Å². The molecular weight excluding hydrogens is 404 g/mol. The summed E-state index contributed by atoms with van der Waals surface area (Å²) in [4.78, 5) is 11.0.